The second kappa shape index (κ2) is 7.42. The van der Waals surface area contributed by atoms with E-state index in [1.165, 1.54) is 6.07 Å². The summed E-state index contributed by atoms with van der Waals surface area (Å²) >= 11 is 0. The van der Waals surface area contributed by atoms with E-state index in [9.17, 15) is 18.0 Å². The number of methoxy groups -OCH3 is 1. The highest BCUT2D eigenvalue weighted by Gasteiger charge is 2.30. The summed E-state index contributed by atoms with van der Waals surface area (Å²) in [5, 5.41) is 0. The van der Waals surface area contributed by atoms with E-state index in [4.69, 9.17) is 10.5 Å². The Kier molecular flexibility index (Phi) is 5.18. The number of rotatable bonds is 5. The van der Waals surface area contributed by atoms with Crippen LogP contribution < -0.4 is 10.5 Å². The summed E-state index contributed by atoms with van der Waals surface area (Å²) in [5.74, 6) is 0.0848. The van der Waals surface area contributed by atoms with Crippen molar-refractivity contribution in [3.8, 4) is 17.0 Å². The molecule has 1 aromatic heterocycles. The van der Waals surface area contributed by atoms with Crippen LogP contribution in [0.3, 0.4) is 0 Å². The van der Waals surface area contributed by atoms with Gasteiger partial charge in [-0.15, -0.1) is 0 Å². The van der Waals surface area contributed by atoms with E-state index in [2.05, 4.69) is 0 Å². The Morgan fingerprint density at radius 1 is 1.11 bits per heavy atom. The van der Waals surface area contributed by atoms with E-state index in [-0.39, 0.29) is 6.54 Å². The van der Waals surface area contributed by atoms with E-state index in [1.807, 2.05) is 12.1 Å². The summed E-state index contributed by atoms with van der Waals surface area (Å²) in [6, 6.07) is 14.0. The average molecular weight is 388 g/mol. The molecule has 28 heavy (non-hydrogen) atoms. The summed E-state index contributed by atoms with van der Waals surface area (Å²) in [5.41, 5.74) is 7.64. The van der Waals surface area contributed by atoms with Gasteiger partial charge < -0.3 is 15.0 Å². The monoisotopic (exact) mass is 388 g/mol. The molecular formula is C21H19F3N2O2. The number of carbonyl (C=O) groups excluding carboxylic acids is 1. The average Bonchev–Trinajstić information content (AvgIpc) is 2.98. The second-order valence-electron chi connectivity index (χ2n) is 6.41. The molecule has 0 saturated carbocycles. The third kappa shape index (κ3) is 3.88. The van der Waals surface area contributed by atoms with E-state index in [0.29, 0.717) is 28.3 Å². The van der Waals surface area contributed by atoms with Crippen LogP contribution >= 0.6 is 0 Å². The normalized spacial score (nSPS) is 11.5. The lowest BCUT2D eigenvalue weighted by molar-refractivity contribution is -0.137. The summed E-state index contributed by atoms with van der Waals surface area (Å²) in [7, 11) is 1.56. The topological polar surface area (TPSA) is 57.2 Å². The smallest absolute Gasteiger partial charge is 0.416 e. The van der Waals surface area contributed by atoms with Crippen molar-refractivity contribution in [1.29, 1.82) is 0 Å². The molecule has 0 spiro atoms. The fourth-order valence-corrected chi connectivity index (χ4v) is 3.13. The van der Waals surface area contributed by atoms with Crippen LogP contribution in [0, 0.1) is 6.92 Å². The molecular weight excluding hydrogens is 369 g/mol. The van der Waals surface area contributed by atoms with Crippen LogP contribution in [0.15, 0.2) is 54.6 Å². The zero-order chi connectivity index (χ0) is 20.5. The third-order valence-corrected chi connectivity index (χ3v) is 4.61. The Morgan fingerprint density at radius 2 is 1.79 bits per heavy atom. The molecule has 7 heteroatoms. The predicted molar refractivity (Wildman–Crippen MR) is 100 cm³/mol. The number of halogens is 3. The molecule has 0 aliphatic rings. The molecule has 0 atom stereocenters. The molecule has 1 amide bonds. The first-order valence-corrected chi connectivity index (χ1v) is 8.51. The van der Waals surface area contributed by atoms with Crippen molar-refractivity contribution in [2.24, 2.45) is 5.73 Å². The van der Waals surface area contributed by atoms with E-state index in [0.717, 1.165) is 17.7 Å². The van der Waals surface area contributed by atoms with Gasteiger partial charge in [-0.3, -0.25) is 4.79 Å². The zero-order valence-electron chi connectivity index (χ0n) is 15.4. The quantitative estimate of drug-likeness (QED) is 0.692. The van der Waals surface area contributed by atoms with Crippen LogP contribution in [0.2, 0.25) is 0 Å². The summed E-state index contributed by atoms with van der Waals surface area (Å²) < 4.78 is 46.0. The fraction of sp³-hybridized carbons (Fsp3) is 0.190. The molecule has 2 aromatic carbocycles. The maximum Gasteiger partial charge on any atom is 0.416 e. The number of ether oxygens (including phenoxy) is 1. The van der Waals surface area contributed by atoms with E-state index < -0.39 is 17.6 Å². The van der Waals surface area contributed by atoms with Crippen molar-refractivity contribution < 1.29 is 22.7 Å². The molecule has 1 heterocycles. The maximum absolute atomic E-state index is 13.0. The van der Waals surface area contributed by atoms with Crippen LogP contribution in [0.25, 0.3) is 11.3 Å². The molecule has 3 rings (SSSR count). The van der Waals surface area contributed by atoms with E-state index in [1.54, 1.807) is 42.9 Å². The zero-order valence-corrected chi connectivity index (χ0v) is 15.4. The van der Waals surface area contributed by atoms with Crippen molar-refractivity contribution in [1.82, 2.24) is 4.57 Å². The molecule has 2 N–H and O–H groups in total. The standard InChI is InChI=1S/C21H19F3N2O2/c1-13-18(20(25)27)11-19(15-6-8-17(28-2)9-7-15)26(13)12-14-4-3-5-16(10-14)21(22,23)24/h3-11H,12H2,1-2H3,(H2,25,27). The second-order valence-corrected chi connectivity index (χ2v) is 6.41. The highest BCUT2D eigenvalue weighted by Crippen LogP contribution is 2.31. The number of alkyl halides is 3. The number of aromatic nitrogens is 1. The van der Waals surface area contributed by atoms with Crippen LogP contribution in [0.5, 0.6) is 5.75 Å². The van der Waals surface area contributed by atoms with Crippen molar-refractivity contribution in [3.63, 3.8) is 0 Å². The molecule has 0 saturated heterocycles. The van der Waals surface area contributed by atoms with E-state index >= 15 is 0 Å². The number of nitrogens with zero attached hydrogens (tertiary/aromatic N) is 1. The largest absolute Gasteiger partial charge is 0.497 e. The highest BCUT2D eigenvalue weighted by atomic mass is 19.4. The van der Waals surface area contributed by atoms with Gasteiger partial charge in [-0.25, -0.2) is 0 Å². The van der Waals surface area contributed by atoms with Crippen LogP contribution in [0.1, 0.15) is 27.2 Å². The lowest BCUT2D eigenvalue weighted by Crippen LogP contribution is -2.13. The molecule has 0 bridgehead atoms. The van der Waals surface area contributed by atoms with Gasteiger partial charge in [0.25, 0.3) is 5.91 Å². The summed E-state index contributed by atoms with van der Waals surface area (Å²) in [6.45, 7) is 1.89. The summed E-state index contributed by atoms with van der Waals surface area (Å²) in [4.78, 5) is 11.8. The minimum atomic E-state index is -4.42. The van der Waals surface area contributed by atoms with Gasteiger partial charge in [0, 0.05) is 17.9 Å². The Morgan fingerprint density at radius 3 is 2.36 bits per heavy atom. The van der Waals surface area contributed by atoms with Gasteiger partial charge in [0.2, 0.25) is 0 Å². The van der Waals surface area contributed by atoms with Crippen molar-refractivity contribution in [2.45, 2.75) is 19.6 Å². The third-order valence-electron chi connectivity index (χ3n) is 4.61. The van der Waals surface area contributed by atoms with Gasteiger partial charge in [0.05, 0.1) is 18.2 Å². The van der Waals surface area contributed by atoms with Crippen molar-refractivity contribution in [3.05, 3.63) is 77.0 Å². The van der Waals surface area contributed by atoms with Gasteiger partial charge in [0.15, 0.2) is 0 Å². The first-order chi connectivity index (χ1) is 13.2. The fourth-order valence-electron chi connectivity index (χ4n) is 3.13. The minimum absolute atomic E-state index is 0.171. The molecule has 4 nitrogen and oxygen atoms in total. The van der Waals surface area contributed by atoms with Crippen LogP contribution in [0.4, 0.5) is 13.2 Å². The Balaban J connectivity index is 2.08. The van der Waals surface area contributed by atoms with Gasteiger partial charge in [-0.2, -0.15) is 13.2 Å². The minimum Gasteiger partial charge on any atom is -0.497 e. The van der Waals surface area contributed by atoms with Gasteiger partial charge in [0.1, 0.15) is 5.75 Å². The Hall–Kier alpha value is -3.22. The number of nitrogens with two attached hydrogens (primary N) is 1. The maximum atomic E-state index is 13.0. The SMILES string of the molecule is COc1ccc(-c2cc(C(N)=O)c(C)n2Cc2cccc(C(F)(F)F)c2)cc1. The molecule has 0 unspecified atom stereocenters. The lowest BCUT2D eigenvalue weighted by Gasteiger charge is -2.14. The molecule has 0 radical (unpaired) electrons. The van der Waals surface area contributed by atoms with Crippen molar-refractivity contribution >= 4 is 5.91 Å². The number of amides is 1. The number of hydrogen-bond acceptors (Lipinski definition) is 2. The predicted octanol–water partition coefficient (Wildman–Crippen LogP) is 4.64. The molecule has 3 aromatic rings. The van der Waals surface area contributed by atoms with Gasteiger partial charge >= 0.3 is 6.18 Å². The first-order valence-electron chi connectivity index (χ1n) is 8.51. The number of benzene rings is 2. The van der Waals surface area contributed by atoms with Crippen LogP contribution in [-0.2, 0) is 12.7 Å². The molecule has 146 valence electrons. The highest BCUT2D eigenvalue weighted by molar-refractivity contribution is 5.95. The molecule has 0 aliphatic heterocycles. The summed E-state index contributed by atoms with van der Waals surface area (Å²) in [6.07, 6.45) is -4.42. The molecule has 0 fully saturated rings. The first kappa shape index (κ1) is 19.5. The number of primary amides is 1. The van der Waals surface area contributed by atoms with Gasteiger partial charge in [-0.05, 0) is 60.5 Å². The van der Waals surface area contributed by atoms with Crippen molar-refractivity contribution in [2.75, 3.05) is 7.11 Å². The van der Waals surface area contributed by atoms with Gasteiger partial charge in [-0.1, -0.05) is 12.1 Å². The number of carbonyl (C=O) groups is 1. The Labute approximate surface area is 160 Å². The number of hydrogen-bond donors (Lipinski definition) is 1. The lowest BCUT2D eigenvalue weighted by atomic mass is 10.1. The Bertz CT molecular complexity index is 1010. The molecule has 0 aliphatic carbocycles. The van der Waals surface area contributed by atoms with Crippen LogP contribution in [-0.4, -0.2) is 17.6 Å².